The SMILES string of the molecule is Cc1cc(C(F)(F)F)c(C)c2n[se]nc12. The van der Waals surface area contributed by atoms with Gasteiger partial charge in [0.1, 0.15) is 0 Å². The molecule has 80 valence electrons. The van der Waals surface area contributed by atoms with Gasteiger partial charge in [-0.3, -0.25) is 0 Å². The number of alkyl halides is 3. The van der Waals surface area contributed by atoms with E-state index in [1.165, 1.54) is 6.92 Å². The first-order valence-corrected chi connectivity index (χ1v) is 5.74. The molecule has 0 spiro atoms. The van der Waals surface area contributed by atoms with Crippen LogP contribution < -0.4 is 0 Å². The number of nitrogens with zero attached hydrogens (tertiary/aromatic N) is 2. The van der Waals surface area contributed by atoms with E-state index in [0.29, 0.717) is 16.6 Å². The summed E-state index contributed by atoms with van der Waals surface area (Å²) in [7, 11) is 0. The molecule has 6 heteroatoms. The van der Waals surface area contributed by atoms with Crippen molar-refractivity contribution >= 4 is 26.0 Å². The molecule has 1 aromatic carbocycles. The Bertz CT molecular complexity index is 516. The fourth-order valence-electron chi connectivity index (χ4n) is 1.51. The molecule has 0 bridgehead atoms. The summed E-state index contributed by atoms with van der Waals surface area (Å²) in [4.78, 5) is 0. The molecule has 1 heterocycles. The number of rotatable bonds is 0. The number of aryl methyl sites for hydroxylation is 2. The summed E-state index contributed by atoms with van der Waals surface area (Å²) < 4.78 is 46.0. The fourth-order valence-corrected chi connectivity index (χ4v) is 2.89. The summed E-state index contributed by atoms with van der Waals surface area (Å²) in [6.45, 7) is 3.08. The van der Waals surface area contributed by atoms with Crippen molar-refractivity contribution in [3.05, 3.63) is 22.8 Å². The molecule has 0 saturated heterocycles. The van der Waals surface area contributed by atoms with Crippen molar-refractivity contribution in [3.63, 3.8) is 0 Å². The number of halogens is 3. The molecular weight excluding hydrogens is 272 g/mol. The summed E-state index contributed by atoms with van der Waals surface area (Å²) in [6.07, 6.45) is -4.31. The van der Waals surface area contributed by atoms with Crippen LogP contribution >= 0.6 is 0 Å². The standard InChI is InChI=1S/C9H7F3N2Se/c1-4-3-6(9(10,11)12)5(2)8-7(4)13-15-14-8/h3H,1-2H3. The van der Waals surface area contributed by atoms with Crippen LogP contribution in [0.5, 0.6) is 0 Å². The van der Waals surface area contributed by atoms with Crippen LogP contribution in [-0.2, 0) is 6.18 Å². The van der Waals surface area contributed by atoms with Crippen molar-refractivity contribution < 1.29 is 13.2 Å². The molecule has 1 aromatic heterocycles. The number of aromatic nitrogens is 2. The van der Waals surface area contributed by atoms with E-state index in [2.05, 4.69) is 7.96 Å². The van der Waals surface area contributed by atoms with Gasteiger partial charge in [-0.25, -0.2) is 0 Å². The second-order valence-corrected chi connectivity index (χ2v) is 4.43. The van der Waals surface area contributed by atoms with Crippen LogP contribution in [0, 0.1) is 13.8 Å². The summed E-state index contributed by atoms with van der Waals surface area (Å²) in [6, 6.07) is 1.15. The Morgan fingerprint density at radius 1 is 1.13 bits per heavy atom. The van der Waals surface area contributed by atoms with E-state index in [1.807, 2.05) is 0 Å². The average molecular weight is 279 g/mol. The zero-order valence-corrected chi connectivity index (χ0v) is 9.73. The third-order valence-electron chi connectivity index (χ3n) is 2.29. The van der Waals surface area contributed by atoms with Crippen LogP contribution in [0.25, 0.3) is 11.0 Å². The molecule has 0 amide bonds. The van der Waals surface area contributed by atoms with Gasteiger partial charge in [-0.1, -0.05) is 0 Å². The van der Waals surface area contributed by atoms with Crippen LogP contribution in [-0.4, -0.2) is 22.9 Å². The number of fused-ring (bicyclic) bond motifs is 1. The van der Waals surface area contributed by atoms with E-state index in [9.17, 15) is 13.2 Å². The number of hydrogen-bond acceptors (Lipinski definition) is 2. The summed E-state index contributed by atoms with van der Waals surface area (Å²) in [5, 5.41) is 0. The molecular formula is C9H7F3N2Se. The molecule has 0 aliphatic carbocycles. The Morgan fingerprint density at radius 2 is 1.73 bits per heavy atom. The van der Waals surface area contributed by atoms with E-state index in [-0.39, 0.29) is 20.5 Å². The first-order valence-electron chi connectivity index (χ1n) is 4.21. The quantitative estimate of drug-likeness (QED) is 0.692. The van der Waals surface area contributed by atoms with E-state index < -0.39 is 11.7 Å². The van der Waals surface area contributed by atoms with E-state index in [0.717, 1.165) is 6.07 Å². The number of hydrogen-bond donors (Lipinski definition) is 0. The van der Waals surface area contributed by atoms with Crippen molar-refractivity contribution in [1.29, 1.82) is 0 Å². The Labute approximate surface area is 90.3 Å². The molecule has 2 aromatic rings. The fraction of sp³-hybridized carbons (Fsp3) is 0.333. The maximum atomic E-state index is 12.6. The normalized spacial score (nSPS) is 12.3. The molecule has 0 fully saturated rings. The predicted molar refractivity (Wildman–Crippen MR) is 51.0 cm³/mol. The molecule has 15 heavy (non-hydrogen) atoms. The maximum absolute atomic E-state index is 12.6. The van der Waals surface area contributed by atoms with Gasteiger partial charge in [-0.15, -0.1) is 0 Å². The molecule has 0 unspecified atom stereocenters. The van der Waals surface area contributed by atoms with Gasteiger partial charge < -0.3 is 0 Å². The van der Waals surface area contributed by atoms with Crippen LogP contribution in [0.3, 0.4) is 0 Å². The van der Waals surface area contributed by atoms with Crippen LogP contribution in [0.1, 0.15) is 16.7 Å². The van der Waals surface area contributed by atoms with Gasteiger partial charge in [-0.2, -0.15) is 0 Å². The molecule has 2 rings (SSSR count). The topological polar surface area (TPSA) is 25.8 Å². The molecule has 0 aliphatic heterocycles. The average Bonchev–Trinajstić information content (AvgIpc) is 2.58. The second-order valence-electron chi connectivity index (χ2n) is 3.33. The molecule has 2 nitrogen and oxygen atoms in total. The van der Waals surface area contributed by atoms with Gasteiger partial charge in [0, 0.05) is 0 Å². The monoisotopic (exact) mass is 280 g/mol. The van der Waals surface area contributed by atoms with Gasteiger partial charge in [0.15, 0.2) is 0 Å². The van der Waals surface area contributed by atoms with Crippen molar-refractivity contribution in [2.75, 3.05) is 0 Å². The summed E-state index contributed by atoms with van der Waals surface area (Å²) in [5.41, 5.74) is 1.18. The minimum absolute atomic E-state index is 0.186. The van der Waals surface area contributed by atoms with E-state index in [1.54, 1.807) is 6.92 Å². The Kier molecular flexibility index (Phi) is 2.35. The first kappa shape index (κ1) is 10.6. The van der Waals surface area contributed by atoms with Gasteiger partial charge in [-0.05, 0) is 0 Å². The Balaban J connectivity index is 2.83. The van der Waals surface area contributed by atoms with Gasteiger partial charge >= 0.3 is 89.9 Å². The predicted octanol–water partition coefficient (Wildman–Crippen LogP) is 2.32. The van der Waals surface area contributed by atoms with Gasteiger partial charge in [0.05, 0.1) is 0 Å². The molecule has 0 N–H and O–H groups in total. The molecule has 0 aliphatic rings. The summed E-state index contributed by atoms with van der Waals surface area (Å²) >= 11 is -0.290. The Hall–Kier alpha value is -0.871. The van der Waals surface area contributed by atoms with E-state index in [4.69, 9.17) is 0 Å². The molecule has 0 saturated carbocycles. The van der Waals surface area contributed by atoms with Crippen LogP contribution in [0.2, 0.25) is 0 Å². The third-order valence-corrected chi connectivity index (χ3v) is 3.40. The van der Waals surface area contributed by atoms with Crippen LogP contribution in [0.4, 0.5) is 13.2 Å². The van der Waals surface area contributed by atoms with Crippen molar-refractivity contribution in [1.82, 2.24) is 7.96 Å². The van der Waals surface area contributed by atoms with Crippen molar-refractivity contribution in [2.24, 2.45) is 0 Å². The van der Waals surface area contributed by atoms with Crippen molar-refractivity contribution in [3.8, 4) is 0 Å². The van der Waals surface area contributed by atoms with Gasteiger partial charge in [0.2, 0.25) is 0 Å². The second kappa shape index (κ2) is 3.32. The summed E-state index contributed by atoms with van der Waals surface area (Å²) in [5.74, 6) is 0. The first-order chi connectivity index (χ1) is 6.91. The van der Waals surface area contributed by atoms with Gasteiger partial charge in [0.25, 0.3) is 0 Å². The zero-order chi connectivity index (χ0) is 11.2. The van der Waals surface area contributed by atoms with Crippen LogP contribution in [0.15, 0.2) is 6.07 Å². The molecule has 0 atom stereocenters. The third kappa shape index (κ3) is 1.68. The number of benzene rings is 1. The Morgan fingerprint density at radius 3 is 2.33 bits per heavy atom. The molecule has 0 radical (unpaired) electrons. The van der Waals surface area contributed by atoms with E-state index >= 15 is 0 Å². The zero-order valence-electron chi connectivity index (χ0n) is 8.01. The minimum atomic E-state index is -4.31. The van der Waals surface area contributed by atoms with Crippen molar-refractivity contribution in [2.45, 2.75) is 20.0 Å².